The Kier molecular flexibility index (Phi) is 6.14. The molecule has 5 nitrogen and oxygen atoms in total. The lowest BCUT2D eigenvalue weighted by Crippen LogP contribution is -2.44. The summed E-state index contributed by atoms with van der Waals surface area (Å²) in [5.41, 5.74) is 0.737. The van der Waals surface area contributed by atoms with Gasteiger partial charge in [-0.05, 0) is 42.7 Å². The Labute approximate surface area is 163 Å². The number of para-hydroxylation sites is 1. The molecule has 3 rings (SSSR count). The number of hydrogen-bond acceptors (Lipinski definition) is 3. The molecule has 2 aromatic carbocycles. The summed E-state index contributed by atoms with van der Waals surface area (Å²) in [5.74, 6) is -1.55. The molecule has 0 radical (unpaired) electrons. The molecule has 144 valence electrons. The summed E-state index contributed by atoms with van der Waals surface area (Å²) < 4.78 is 40.5. The number of hydrogen-bond donors (Lipinski definition) is 1. The van der Waals surface area contributed by atoms with Gasteiger partial charge in [-0.15, -0.1) is 0 Å². The van der Waals surface area contributed by atoms with Gasteiger partial charge in [0.2, 0.25) is 15.9 Å². The van der Waals surface area contributed by atoms with Gasteiger partial charge in [-0.1, -0.05) is 35.9 Å². The number of piperidine rings is 1. The van der Waals surface area contributed by atoms with Crippen molar-refractivity contribution in [3.05, 3.63) is 64.9 Å². The Morgan fingerprint density at radius 3 is 2.59 bits per heavy atom. The number of rotatable bonds is 5. The van der Waals surface area contributed by atoms with E-state index in [1.54, 1.807) is 30.3 Å². The van der Waals surface area contributed by atoms with E-state index in [0.29, 0.717) is 30.0 Å². The molecule has 1 saturated heterocycles. The van der Waals surface area contributed by atoms with E-state index in [9.17, 15) is 17.6 Å². The summed E-state index contributed by atoms with van der Waals surface area (Å²) in [6.45, 7) is 0.468. The van der Waals surface area contributed by atoms with Crippen LogP contribution in [0.3, 0.4) is 0 Å². The number of nitrogens with one attached hydrogen (secondary N) is 1. The van der Waals surface area contributed by atoms with Crippen LogP contribution in [0.5, 0.6) is 0 Å². The SMILES string of the molecule is O=C(Nc1ccccc1F)C1CCCN(S(=O)(=O)Cc2ccc(Cl)cc2)C1. The predicted molar refractivity (Wildman–Crippen MR) is 103 cm³/mol. The molecule has 1 aliphatic heterocycles. The normalized spacial score (nSPS) is 18.2. The van der Waals surface area contributed by atoms with Crippen LogP contribution in [-0.4, -0.2) is 31.7 Å². The predicted octanol–water partition coefficient (Wildman–Crippen LogP) is 3.66. The van der Waals surface area contributed by atoms with Gasteiger partial charge in [0, 0.05) is 18.1 Å². The summed E-state index contributed by atoms with van der Waals surface area (Å²) in [6.07, 6.45) is 1.14. The topological polar surface area (TPSA) is 66.5 Å². The van der Waals surface area contributed by atoms with Gasteiger partial charge in [-0.25, -0.2) is 17.1 Å². The van der Waals surface area contributed by atoms with Crippen molar-refractivity contribution in [2.75, 3.05) is 18.4 Å². The van der Waals surface area contributed by atoms with Crippen LogP contribution in [0, 0.1) is 11.7 Å². The summed E-state index contributed by atoms with van der Waals surface area (Å²) >= 11 is 5.83. The van der Waals surface area contributed by atoms with E-state index in [4.69, 9.17) is 11.6 Å². The second-order valence-corrected chi connectivity index (χ2v) is 8.95. The summed E-state index contributed by atoms with van der Waals surface area (Å²) in [4.78, 5) is 12.5. The minimum atomic E-state index is -3.56. The van der Waals surface area contributed by atoms with Gasteiger partial charge >= 0.3 is 0 Å². The van der Waals surface area contributed by atoms with Crippen molar-refractivity contribution in [1.82, 2.24) is 4.31 Å². The number of sulfonamides is 1. The zero-order valence-corrected chi connectivity index (χ0v) is 16.1. The van der Waals surface area contributed by atoms with Gasteiger partial charge in [0.05, 0.1) is 17.4 Å². The number of carbonyl (C=O) groups excluding carboxylic acids is 1. The maximum absolute atomic E-state index is 13.7. The quantitative estimate of drug-likeness (QED) is 0.818. The van der Waals surface area contributed by atoms with Gasteiger partial charge in [0.1, 0.15) is 5.82 Å². The number of amides is 1. The molecule has 8 heteroatoms. The van der Waals surface area contributed by atoms with E-state index in [1.807, 2.05) is 0 Å². The molecular formula is C19H20ClFN2O3S. The Hall–Kier alpha value is -1.96. The molecule has 1 unspecified atom stereocenters. The third-order valence-corrected chi connectivity index (χ3v) is 6.61. The maximum Gasteiger partial charge on any atom is 0.228 e. The van der Waals surface area contributed by atoms with E-state index in [1.165, 1.54) is 22.5 Å². The zero-order chi connectivity index (χ0) is 19.4. The van der Waals surface area contributed by atoms with Crippen LogP contribution in [-0.2, 0) is 20.6 Å². The fourth-order valence-corrected chi connectivity index (χ4v) is 4.83. The molecule has 0 bridgehead atoms. The van der Waals surface area contributed by atoms with Crippen LogP contribution < -0.4 is 5.32 Å². The highest BCUT2D eigenvalue weighted by Crippen LogP contribution is 2.24. The Morgan fingerprint density at radius 2 is 1.89 bits per heavy atom. The molecule has 1 atom stereocenters. The van der Waals surface area contributed by atoms with E-state index in [-0.39, 0.29) is 23.9 Å². The third-order valence-electron chi connectivity index (χ3n) is 4.54. The Bertz CT molecular complexity index is 919. The van der Waals surface area contributed by atoms with Crippen molar-refractivity contribution >= 4 is 33.2 Å². The highest BCUT2D eigenvalue weighted by Gasteiger charge is 2.32. The van der Waals surface area contributed by atoms with E-state index >= 15 is 0 Å². The largest absolute Gasteiger partial charge is 0.323 e. The van der Waals surface area contributed by atoms with Gasteiger partial charge in [-0.3, -0.25) is 4.79 Å². The van der Waals surface area contributed by atoms with Crippen molar-refractivity contribution in [3.8, 4) is 0 Å². The molecule has 2 aromatic rings. The van der Waals surface area contributed by atoms with Crippen molar-refractivity contribution in [2.24, 2.45) is 5.92 Å². The molecule has 1 heterocycles. The third kappa shape index (κ3) is 5.06. The van der Waals surface area contributed by atoms with E-state index < -0.39 is 21.8 Å². The fourth-order valence-electron chi connectivity index (χ4n) is 3.09. The van der Waals surface area contributed by atoms with Crippen molar-refractivity contribution in [2.45, 2.75) is 18.6 Å². The van der Waals surface area contributed by atoms with Gasteiger partial charge in [0.15, 0.2) is 0 Å². The monoisotopic (exact) mass is 410 g/mol. The lowest BCUT2D eigenvalue weighted by Gasteiger charge is -2.31. The molecule has 1 aliphatic rings. The lowest BCUT2D eigenvalue weighted by molar-refractivity contribution is -0.120. The molecular weight excluding hydrogens is 391 g/mol. The first-order valence-corrected chi connectivity index (χ1v) is 10.6. The summed E-state index contributed by atoms with van der Waals surface area (Å²) in [7, 11) is -3.56. The molecule has 1 amide bonds. The highest BCUT2D eigenvalue weighted by atomic mass is 35.5. The van der Waals surface area contributed by atoms with Gasteiger partial charge in [0.25, 0.3) is 0 Å². The van der Waals surface area contributed by atoms with Crippen molar-refractivity contribution in [1.29, 1.82) is 0 Å². The Balaban J connectivity index is 1.66. The smallest absolute Gasteiger partial charge is 0.228 e. The second-order valence-electron chi connectivity index (χ2n) is 6.55. The van der Waals surface area contributed by atoms with Gasteiger partial charge < -0.3 is 5.32 Å². The lowest BCUT2D eigenvalue weighted by atomic mass is 9.98. The summed E-state index contributed by atoms with van der Waals surface area (Å²) in [6, 6.07) is 12.5. The van der Waals surface area contributed by atoms with E-state index in [0.717, 1.165) is 0 Å². The molecule has 0 aliphatic carbocycles. The second kappa shape index (κ2) is 8.37. The van der Waals surface area contributed by atoms with Crippen molar-refractivity contribution < 1.29 is 17.6 Å². The van der Waals surface area contributed by atoms with Crippen LogP contribution in [0.4, 0.5) is 10.1 Å². The number of benzene rings is 2. The maximum atomic E-state index is 13.7. The first kappa shape index (κ1) is 19.8. The van der Waals surface area contributed by atoms with Crippen LogP contribution in [0.25, 0.3) is 0 Å². The number of carbonyl (C=O) groups is 1. The molecule has 0 saturated carbocycles. The van der Waals surface area contributed by atoms with Crippen LogP contribution in [0.1, 0.15) is 18.4 Å². The zero-order valence-electron chi connectivity index (χ0n) is 14.6. The molecule has 1 N–H and O–H groups in total. The molecule has 0 aromatic heterocycles. The number of nitrogens with zero attached hydrogens (tertiary/aromatic N) is 1. The minimum absolute atomic E-state index is 0.0935. The van der Waals surface area contributed by atoms with Crippen LogP contribution >= 0.6 is 11.6 Å². The minimum Gasteiger partial charge on any atom is -0.323 e. The average molecular weight is 411 g/mol. The highest BCUT2D eigenvalue weighted by molar-refractivity contribution is 7.88. The average Bonchev–Trinajstić information content (AvgIpc) is 2.65. The molecule has 27 heavy (non-hydrogen) atoms. The van der Waals surface area contributed by atoms with Crippen molar-refractivity contribution in [3.63, 3.8) is 0 Å². The Morgan fingerprint density at radius 1 is 1.19 bits per heavy atom. The van der Waals surface area contributed by atoms with Crippen LogP contribution in [0.2, 0.25) is 5.02 Å². The first-order chi connectivity index (χ1) is 12.8. The molecule has 0 spiro atoms. The number of halogens is 2. The first-order valence-electron chi connectivity index (χ1n) is 8.63. The van der Waals surface area contributed by atoms with Gasteiger partial charge in [-0.2, -0.15) is 0 Å². The number of anilines is 1. The molecule has 1 fully saturated rings. The summed E-state index contributed by atoms with van der Waals surface area (Å²) in [5, 5.41) is 3.10. The van der Waals surface area contributed by atoms with Crippen LogP contribution in [0.15, 0.2) is 48.5 Å². The fraction of sp³-hybridized carbons (Fsp3) is 0.316. The van der Waals surface area contributed by atoms with E-state index in [2.05, 4.69) is 5.32 Å². The standard InChI is InChI=1S/C19H20ClFN2O3S/c20-16-9-7-14(8-10-16)13-27(25,26)23-11-3-4-15(12-23)19(24)22-18-6-2-1-5-17(18)21/h1-2,5-10,15H,3-4,11-13H2,(H,22,24).